The van der Waals surface area contributed by atoms with Crippen molar-refractivity contribution in [3.63, 3.8) is 0 Å². The number of nitrogens with zero attached hydrogens (tertiary/aromatic N) is 2. The van der Waals surface area contributed by atoms with Crippen LogP contribution in [0.2, 0.25) is 0 Å². The molecule has 0 N–H and O–H groups in total. The molecule has 0 radical (unpaired) electrons. The third-order valence-corrected chi connectivity index (χ3v) is 4.84. The second-order valence-electron chi connectivity index (χ2n) is 7.10. The monoisotopic (exact) mass is 360 g/mol. The Kier molecular flexibility index (Phi) is 5.17. The minimum Gasteiger partial charge on any atom is -0.444 e. The standard InChI is InChI=1S/C15H25BrN2O3/c1-15(2,3)21-14(20)18-8-11(9-18)4-5-17-10-12(7-16)6-13(17)19/h11-12H,4-10H2,1-3H3. The number of ether oxygens (including phenoxy) is 1. The smallest absolute Gasteiger partial charge is 0.410 e. The van der Waals surface area contributed by atoms with Gasteiger partial charge in [0, 0.05) is 37.9 Å². The minimum atomic E-state index is -0.436. The summed E-state index contributed by atoms with van der Waals surface area (Å²) < 4.78 is 5.33. The van der Waals surface area contributed by atoms with Gasteiger partial charge in [-0.2, -0.15) is 0 Å². The number of alkyl halides is 1. The third kappa shape index (κ3) is 4.59. The Bertz CT molecular complexity index is 402. The van der Waals surface area contributed by atoms with Crippen molar-refractivity contribution < 1.29 is 14.3 Å². The summed E-state index contributed by atoms with van der Waals surface area (Å²) in [6.07, 6.45) is 1.41. The molecule has 0 aromatic rings. The van der Waals surface area contributed by atoms with Crippen LogP contribution < -0.4 is 0 Å². The van der Waals surface area contributed by atoms with Gasteiger partial charge in [0.2, 0.25) is 5.91 Å². The van der Waals surface area contributed by atoms with Crippen LogP contribution in [0.1, 0.15) is 33.6 Å². The summed E-state index contributed by atoms with van der Waals surface area (Å²) in [5, 5.41) is 0.894. The lowest BCUT2D eigenvalue weighted by Crippen LogP contribution is -2.52. The topological polar surface area (TPSA) is 49.9 Å². The molecule has 0 aromatic carbocycles. The quantitative estimate of drug-likeness (QED) is 0.723. The van der Waals surface area contributed by atoms with Gasteiger partial charge in [0.15, 0.2) is 0 Å². The van der Waals surface area contributed by atoms with Crippen molar-refractivity contribution in [2.24, 2.45) is 11.8 Å². The highest BCUT2D eigenvalue weighted by Crippen LogP contribution is 2.25. The van der Waals surface area contributed by atoms with Crippen LogP contribution in [0.3, 0.4) is 0 Å². The van der Waals surface area contributed by atoms with Crippen LogP contribution in [0.5, 0.6) is 0 Å². The van der Waals surface area contributed by atoms with E-state index in [1.165, 1.54) is 0 Å². The summed E-state index contributed by atoms with van der Waals surface area (Å²) in [5.74, 6) is 1.22. The highest BCUT2D eigenvalue weighted by molar-refractivity contribution is 9.09. The van der Waals surface area contributed by atoms with Gasteiger partial charge in [0.05, 0.1) is 0 Å². The van der Waals surface area contributed by atoms with E-state index in [4.69, 9.17) is 4.74 Å². The number of halogens is 1. The molecule has 2 amide bonds. The predicted octanol–water partition coefficient (Wildman–Crippen LogP) is 2.49. The van der Waals surface area contributed by atoms with Crippen LogP contribution in [0.25, 0.3) is 0 Å². The Morgan fingerprint density at radius 3 is 2.48 bits per heavy atom. The van der Waals surface area contributed by atoms with E-state index in [9.17, 15) is 9.59 Å². The Hall–Kier alpha value is -0.780. The average molecular weight is 361 g/mol. The predicted molar refractivity (Wildman–Crippen MR) is 84.4 cm³/mol. The first-order chi connectivity index (χ1) is 9.78. The molecule has 0 aromatic heterocycles. The second-order valence-corrected chi connectivity index (χ2v) is 7.75. The van der Waals surface area contributed by atoms with Crippen molar-refractivity contribution in [3.8, 4) is 0 Å². The molecule has 0 saturated carbocycles. The lowest BCUT2D eigenvalue weighted by Gasteiger charge is -2.40. The van der Waals surface area contributed by atoms with Crippen LogP contribution >= 0.6 is 15.9 Å². The van der Waals surface area contributed by atoms with E-state index in [0.29, 0.717) is 18.3 Å². The van der Waals surface area contributed by atoms with Crippen molar-refractivity contribution in [1.82, 2.24) is 9.80 Å². The normalized spacial score (nSPS) is 23.4. The first kappa shape index (κ1) is 16.6. The number of carbonyl (C=O) groups is 2. The number of carbonyl (C=O) groups excluding carboxylic acids is 2. The first-order valence-corrected chi connectivity index (χ1v) is 8.72. The van der Waals surface area contributed by atoms with E-state index in [0.717, 1.165) is 37.9 Å². The lowest BCUT2D eigenvalue weighted by atomic mass is 9.97. The Morgan fingerprint density at radius 1 is 1.29 bits per heavy atom. The molecule has 2 heterocycles. The van der Waals surface area contributed by atoms with E-state index in [-0.39, 0.29) is 12.0 Å². The molecule has 2 saturated heterocycles. The Balaban J connectivity index is 1.65. The highest BCUT2D eigenvalue weighted by Gasteiger charge is 2.35. The van der Waals surface area contributed by atoms with Gasteiger partial charge in [-0.3, -0.25) is 4.79 Å². The number of hydrogen-bond acceptors (Lipinski definition) is 3. The molecule has 2 fully saturated rings. The van der Waals surface area contributed by atoms with Gasteiger partial charge >= 0.3 is 6.09 Å². The SMILES string of the molecule is CC(C)(C)OC(=O)N1CC(CCN2CC(CBr)CC2=O)C1. The van der Waals surface area contributed by atoms with Gasteiger partial charge in [-0.1, -0.05) is 15.9 Å². The zero-order valence-corrected chi connectivity index (χ0v) is 14.7. The lowest BCUT2D eigenvalue weighted by molar-refractivity contribution is -0.128. The summed E-state index contributed by atoms with van der Waals surface area (Å²) in [4.78, 5) is 27.3. The summed E-state index contributed by atoms with van der Waals surface area (Å²) in [7, 11) is 0. The van der Waals surface area contributed by atoms with Gasteiger partial charge < -0.3 is 14.5 Å². The summed E-state index contributed by atoms with van der Waals surface area (Å²) in [6.45, 7) is 8.81. The Morgan fingerprint density at radius 2 is 1.95 bits per heavy atom. The van der Waals surface area contributed by atoms with Crippen LogP contribution in [-0.4, -0.2) is 58.9 Å². The molecule has 0 bridgehead atoms. The molecular weight excluding hydrogens is 336 g/mol. The molecule has 2 rings (SSSR count). The van der Waals surface area contributed by atoms with Gasteiger partial charge in [-0.25, -0.2) is 4.79 Å². The van der Waals surface area contributed by atoms with Crippen molar-refractivity contribution in [1.29, 1.82) is 0 Å². The average Bonchev–Trinajstić information content (AvgIpc) is 2.66. The second kappa shape index (κ2) is 6.55. The van der Waals surface area contributed by atoms with E-state index >= 15 is 0 Å². The van der Waals surface area contributed by atoms with E-state index in [2.05, 4.69) is 15.9 Å². The van der Waals surface area contributed by atoms with E-state index in [1.54, 1.807) is 4.90 Å². The molecule has 1 atom stereocenters. The van der Waals surface area contributed by atoms with Crippen LogP contribution in [0.4, 0.5) is 4.79 Å². The molecule has 21 heavy (non-hydrogen) atoms. The maximum atomic E-state index is 11.8. The van der Waals surface area contributed by atoms with Crippen LogP contribution in [0, 0.1) is 11.8 Å². The summed E-state index contributed by atoms with van der Waals surface area (Å²) in [6, 6.07) is 0. The van der Waals surface area contributed by atoms with Crippen molar-refractivity contribution in [2.75, 3.05) is 31.5 Å². The molecule has 120 valence electrons. The zero-order chi connectivity index (χ0) is 15.6. The molecule has 5 nitrogen and oxygen atoms in total. The molecule has 0 aliphatic carbocycles. The van der Waals surface area contributed by atoms with Gasteiger partial charge in [0.25, 0.3) is 0 Å². The van der Waals surface area contributed by atoms with Crippen molar-refractivity contribution in [2.45, 2.75) is 39.2 Å². The fraction of sp³-hybridized carbons (Fsp3) is 0.867. The minimum absolute atomic E-state index is 0.227. The van der Waals surface area contributed by atoms with Gasteiger partial charge in [-0.15, -0.1) is 0 Å². The molecule has 1 unspecified atom stereocenters. The number of hydrogen-bond donors (Lipinski definition) is 0. The summed E-state index contributed by atoms with van der Waals surface area (Å²) >= 11 is 3.45. The number of amides is 2. The van der Waals surface area contributed by atoms with Crippen molar-refractivity contribution >= 4 is 27.9 Å². The maximum Gasteiger partial charge on any atom is 0.410 e. The molecule has 2 aliphatic heterocycles. The molecule has 2 aliphatic rings. The van der Waals surface area contributed by atoms with Gasteiger partial charge in [0.1, 0.15) is 5.60 Å². The molecule has 0 spiro atoms. The highest BCUT2D eigenvalue weighted by atomic mass is 79.9. The van der Waals surface area contributed by atoms with E-state index in [1.807, 2.05) is 25.7 Å². The molecule has 6 heteroatoms. The zero-order valence-electron chi connectivity index (χ0n) is 13.1. The fourth-order valence-corrected chi connectivity index (χ4v) is 3.17. The summed E-state index contributed by atoms with van der Waals surface area (Å²) in [5.41, 5.74) is -0.436. The van der Waals surface area contributed by atoms with Crippen LogP contribution in [0.15, 0.2) is 0 Å². The first-order valence-electron chi connectivity index (χ1n) is 7.60. The van der Waals surface area contributed by atoms with Crippen LogP contribution in [-0.2, 0) is 9.53 Å². The fourth-order valence-electron chi connectivity index (χ4n) is 2.74. The molecular formula is C15H25BrN2O3. The van der Waals surface area contributed by atoms with Crippen molar-refractivity contribution in [3.05, 3.63) is 0 Å². The van der Waals surface area contributed by atoms with E-state index < -0.39 is 5.60 Å². The largest absolute Gasteiger partial charge is 0.444 e. The number of likely N-dealkylation sites (tertiary alicyclic amines) is 2. The third-order valence-electron chi connectivity index (χ3n) is 3.93. The maximum absolute atomic E-state index is 11.8. The number of rotatable bonds is 4. The van der Waals surface area contributed by atoms with Gasteiger partial charge in [-0.05, 0) is 39.0 Å². The Labute approximate surface area is 135 Å².